The highest BCUT2D eigenvalue weighted by Crippen LogP contribution is 2.53. The number of hydrogen-bond donors (Lipinski definition) is 4. The van der Waals surface area contributed by atoms with Gasteiger partial charge in [-0.2, -0.15) is 0 Å². The minimum Gasteiger partial charge on any atom is -0.508 e. The summed E-state index contributed by atoms with van der Waals surface area (Å²) in [4.78, 5) is 82.9. The Labute approximate surface area is 278 Å². The minimum absolute atomic E-state index is 0.0499. The Morgan fingerprint density at radius 1 is 1.04 bits per heavy atom. The fraction of sp³-hybridized carbons (Fsp3) is 0.576. The first-order valence-corrected chi connectivity index (χ1v) is 15.5. The van der Waals surface area contributed by atoms with Gasteiger partial charge in [-0.3, -0.25) is 28.9 Å². The first kappa shape index (κ1) is 36.3. The number of likely N-dealkylation sites (N-methyl/N-ethyl adjacent to an activating group) is 1. The van der Waals surface area contributed by atoms with E-state index in [0.717, 1.165) is 6.92 Å². The van der Waals surface area contributed by atoms with Gasteiger partial charge in [0.05, 0.1) is 24.1 Å². The number of Topliss-reactive ketones (excluding diaryl/α,β-unsaturated/α-hetero) is 3. The smallest absolute Gasteiger partial charge is 0.412 e. The summed E-state index contributed by atoms with van der Waals surface area (Å²) >= 11 is 0. The van der Waals surface area contributed by atoms with Crippen LogP contribution in [0.3, 0.4) is 0 Å². The van der Waals surface area contributed by atoms with Crippen LogP contribution in [0, 0.1) is 23.2 Å². The minimum atomic E-state index is -2.77. The molecule has 4 rings (SSSR count). The lowest BCUT2D eigenvalue weighted by Crippen LogP contribution is -2.68. The first-order valence-electron chi connectivity index (χ1n) is 15.5. The van der Waals surface area contributed by atoms with Crippen molar-refractivity contribution in [2.45, 2.75) is 58.7 Å². The third-order valence-electron chi connectivity index (χ3n) is 9.19. The number of carbonyl (C=O) groups excluding carboxylic acids is 6. The second kappa shape index (κ2) is 12.8. The maximum absolute atomic E-state index is 14.4. The second-order valence-corrected chi connectivity index (χ2v) is 14.4. The summed E-state index contributed by atoms with van der Waals surface area (Å²) in [5.41, 5.74) is 2.24. The average molecular weight is 673 g/mol. The van der Waals surface area contributed by atoms with Crippen molar-refractivity contribution in [3.8, 4) is 5.75 Å². The number of aliphatic hydroxyl groups is 2. The predicted molar refractivity (Wildman–Crippen MR) is 170 cm³/mol. The summed E-state index contributed by atoms with van der Waals surface area (Å²) in [7, 11) is 6.52. The van der Waals surface area contributed by atoms with Crippen molar-refractivity contribution in [2.24, 2.45) is 28.9 Å². The summed E-state index contributed by atoms with van der Waals surface area (Å²) in [6.45, 7) is 6.08. The Morgan fingerprint density at radius 2 is 1.67 bits per heavy atom. The molecule has 1 saturated carbocycles. The monoisotopic (exact) mass is 672 g/mol. The Morgan fingerprint density at radius 3 is 2.19 bits per heavy atom. The van der Waals surface area contributed by atoms with E-state index in [1.54, 1.807) is 25.1 Å². The fourth-order valence-electron chi connectivity index (χ4n) is 7.30. The van der Waals surface area contributed by atoms with E-state index in [4.69, 9.17) is 15.2 Å². The zero-order chi connectivity index (χ0) is 36.2. The van der Waals surface area contributed by atoms with Crippen LogP contribution >= 0.6 is 0 Å². The first-order chi connectivity index (χ1) is 22.1. The van der Waals surface area contributed by atoms with Gasteiger partial charge in [0.15, 0.2) is 23.0 Å². The summed E-state index contributed by atoms with van der Waals surface area (Å²) in [5, 5.41) is 34.6. The lowest BCUT2D eigenvalue weighted by Gasteiger charge is -2.52. The van der Waals surface area contributed by atoms with Crippen LogP contribution in [0.5, 0.6) is 5.75 Å². The SMILES string of the molecule is CC(=O)OCOC(=O)N(Cc1cc(N(C)C)c2c(c1O)C(=O)C1C(=O)[C@]3(O)C(O)=C(C(N)=O)C(=O)[C@@H](N(C)C)C3CC1C2)CC(C)(C)C. The summed E-state index contributed by atoms with van der Waals surface area (Å²) < 4.78 is 9.86. The molecular weight excluding hydrogens is 628 g/mol. The third-order valence-corrected chi connectivity index (χ3v) is 9.19. The zero-order valence-electron chi connectivity index (χ0n) is 28.4. The van der Waals surface area contributed by atoms with Crippen molar-refractivity contribution in [2.75, 3.05) is 46.4 Å². The van der Waals surface area contributed by atoms with Crippen LogP contribution in [0.2, 0.25) is 0 Å². The molecule has 0 radical (unpaired) electrons. The quantitative estimate of drug-likeness (QED) is 0.132. The molecule has 15 nitrogen and oxygen atoms in total. The number of benzene rings is 1. The van der Waals surface area contributed by atoms with E-state index >= 15 is 0 Å². The van der Waals surface area contributed by atoms with Gasteiger partial charge in [-0.15, -0.1) is 0 Å². The van der Waals surface area contributed by atoms with Crippen LogP contribution < -0.4 is 10.6 Å². The molecule has 1 aromatic carbocycles. The highest BCUT2D eigenvalue weighted by atomic mass is 16.7. The van der Waals surface area contributed by atoms with E-state index < -0.39 is 94.0 Å². The Bertz CT molecular complexity index is 1610. The number of amides is 2. The summed E-state index contributed by atoms with van der Waals surface area (Å²) in [5.74, 6) is -9.85. The highest BCUT2D eigenvalue weighted by Gasteiger charge is 2.66. The second-order valence-electron chi connectivity index (χ2n) is 14.4. The molecule has 3 aliphatic carbocycles. The molecule has 0 heterocycles. The van der Waals surface area contributed by atoms with Gasteiger partial charge >= 0.3 is 12.1 Å². The molecule has 0 aromatic heterocycles. The van der Waals surface area contributed by atoms with Gasteiger partial charge in [0.2, 0.25) is 6.79 Å². The molecule has 1 aromatic rings. The molecule has 5 N–H and O–H groups in total. The lowest BCUT2D eigenvalue weighted by molar-refractivity contribution is -0.163. The van der Waals surface area contributed by atoms with E-state index in [-0.39, 0.29) is 37.1 Å². The number of esters is 1. The number of rotatable bonds is 8. The number of nitrogens with two attached hydrogens (primary N) is 1. The molecule has 1 fully saturated rings. The van der Waals surface area contributed by atoms with Crippen LogP contribution in [-0.4, -0.2) is 114 Å². The molecule has 0 aliphatic heterocycles. The molecule has 3 unspecified atom stereocenters. The van der Waals surface area contributed by atoms with E-state index in [9.17, 15) is 44.1 Å². The number of aliphatic hydroxyl groups excluding tert-OH is 1. The lowest BCUT2D eigenvalue weighted by atomic mass is 9.54. The molecule has 262 valence electrons. The van der Waals surface area contributed by atoms with Crippen molar-refractivity contribution in [3.05, 3.63) is 34.1 Å². The molecule has 3 aliphatic rings. The number of fused-ring (bicyclic) bond motifs is 3. The van der Waals surface area contributed by atoms with E-state index in [1.165, 1.54) is 23.9 Å². The number of carbonyl (C=O) groups is 6. The summed E-state index contributed by atoms with van der Waals surface area (Å²) in [6, 6.07) is 0.436. The van der Waals surface area contributed by atoms with Crippen LogP contribution in [0.15, 0.2) is 17.4 Å². The number of anilines is 1. The van der Waals surface area contributed by atoms with Gasteiger partial charge < -0.3 is 40.3 Å². The van der Waals surface area contributed by atoms with Gasteiger partial charge in [-0.25, -0.2) is 4.79 Å². The number of nitrogens with zero attached hydrogens (tertiary/aromatic N) is 3. The number of aromatic hydroxyl groups is 1. The number of ketones is 3. The topological polar surface area (TPSA) is 217 Å². The van der Waals surface area contributed by atoms with Crippen LogP contribution in [-0.2, 0) is 41.6 Å². The van der Waals surface area contributed by atoms with Crippen molar-refractivity contribution < 1.29 is 53.6 Å². The van der Waals surface area contributed by atoms with Gasteiger partial charge in [0, 0.05) is 44.7 Å². The number of primary amides is 1. The van der Waals surface area contributed by atoms with E-state index in [1.807, 2.05) is 20.8 Å². The maximum Gasteiger partial charge on any atom is 0.412 e. The largest absolute Gasteiger partial charge is 0.508 e. The molecule has 5 atom stereocenters. The van der Waals surface area contributed by atoms with Crippen molar-refractivity contribution in [3.63, 3.8) is 0 Å². The molecule has 0 saturated heterocycles. The number of phenols is 1. The van der Waals surface area contributed by atoms with E-state index in [0.29, 0.717) is 11.3 Å². The van der Waals surface area contributed by atoms with Crippen molar-refractivity contribution >= 4 is 41.0 Å². The summed E-state index contributed by atoms with van der Waals surface area (Å²) in [6.07, 6.45) is -0.791. The molecule has 48 heavy (non-hydrogen) atoms. The Hall–Kier alpha value is -4.50. The molecule has 0 bridgehead atoms. The molecule has 0 spiro atoms. The maximum atomic E-state index is 14.4. The van der Waals surface area contributed by atoms with Crippen LogP contribution in [0.1, 0.15) is 55.6 Å². The van der Waals surface area contributed by atoms with Gasteiger partial charge in [-0.05, 0) is 49.9 Å². The normalized spacial score (nSPS) is 25.2. The zero-order valence-corrected chi connectivity index (χ0v) is 28.4. The van der Waals surface area contributed by atoms with Crippen LogP contribution in [0.25, 0.3) is 0 Å². The number of hydrogen-bond acceptors (Lipinski definition) is 13. The standard InChI is InChI=1S/C33H44N4O11/c1-15(38)47-14-48-31(45)37(13-32(2,3)4)12-17-11-20(35(5)6)18-9-16-10-19-24(36(7)8)27(41)23(30(34)44)29(43)33(19,46)28(42)21(16)26(40)22(18)25(17)39/h11,16,19,21,24,39,43,46H,9-10,12-14H2,1-8H3,(H2,34,44)/t16?,19?,21?,24-,33-/m0/s1. The van der Waals surface area contributed by atoms with Gasteiger partial charge in [0.25, 0.3) is 5.91 Å². The van der Waals surface area contributed by atoms with Crippen molar-refractivity contribution in [1.29, 1.82) is 0 Å². The molecule has 2 amide bonds. The highest BCUT2D eigenvalue weighted by molar-refractivity contribution is 6.25. The number of ether oxygens (including phenoxy) is 2. The third kappa shape index (κ3) is 6.23. The van der Waals surface area contributed by atoms with E-state index in [2.05, 4.69) is 0 Å². The number of phenolic OH excluding ortho intramolecular Hbond substituents is 1. The van der Waals surface area contributed by atoms with Crippen molar-refractivity contribution in [1.82, 2.24) is 9.80 Å². The fourth-order valence-corrected chi connectivity index (χ4v) is 7.30. The average Bonchev–Trinajstić information content (AvgIpc) is 2.94. The molecule has 15 heteroatoms. The predicted octanol–water partition coefficient (Wildman–Crippen LogP) is 1.07. The van der Waals surface area contributed by atoms with Gasteiger partial charge in [-0.1, -0.05) is 20.8 Å². The van der Waals surface area contributed by atoms with Gasteiger partial charge in [0.1, 0.15) is 17.1 Å². The Balaban J connectivity index is 1.83. The van der Waals surface area contributed by atoms with Crippen LogP contribution in [0.4, 0.5) is 10.5 Å². The molecular formula is C33H44N4O11. The Kier molecular flexibility index (Phi) is 9.72.